The molecule has 0 saturated carbocycles. The zero-order chi connectivity index (χ0) is 18.1. The lowest BCUT2D eigenvalue weighted by Gasteiger charge is -2.16. The maximum atomic E-state index is 6.11. The smallest absolute Gasteiger partial charge is 0.212 e. The fourth-order valence-corrected chi connectivity index (χ4v) is 3.72. The van der Waals surface area contributed by atoms with E-state index in [0.717, 1.165) is 33.5 Å². The molecule has 2 heterocycles. The summed E-state index contributed by atoms with van der Waals surface area (Å²) in [5.41, 5.74) is 2.61. The van der Waals surface area contributed by atoms with Crippen molar-refractivity contribution in [2.45, 2.75) is 5.16 Å². The second-order valence-electron chi connectivity index (χ2n) is 5.53. The van der Waals surface area contributed by atoms with E-state index in [9.17, 15) is 0 Å². The van der Waals surface area contributed by atoms with Crippen LogP contribution in [-0.4, -0.2) is 40.6 Å². The van der Waals surface area contributed by atoms with Crippen LogP contribution in [0.4, 0.5) is 0 Å². The van der Waals surface area contributed by atoms with Crippen LogP contribution in [0.3, 0.4) is 0 Å². The summed E-state index contributed by atoms with van der Waals surface area (Å²) in [5, 5.41) is 14.7. The van der Waals surface area contributed by atoms with E-state index in [-0.39, 0.29) is 0 Å². The SMILES string of the molecule is COc1ccc(OC)c(C2=Nn3c(nnc3-c3cccc(Cl)c3)SC2)c1. The minimum Gasteiger partial charge on any atom is -0.497 e. The average Bonchev–Trinajstić information content (AvgIpc) is 3.10. The normalized spacial score (nSPS) is 13.1. The zero-order valence-corrected chi connectivity index (χ0v) is 15.7. The van der Waals surface area contributed by atoms with E-state index in [1.54, 1.807) is 30.7 Å². The van der Waals surface area contributed by atoms with Crippen molar-refractivity contribution < 1.29 is 9.47 Å². The Bertz CT molecular complexity index is 1000. The number of benzene rings is 2. The predicted octanol–water partition coefficient (Wildman–Crippen LogP) is 3.97. The number of nitrogens with zero attached hydrogens (tertiary/aromatic N) is 4. The molecule has 1 aliphatic rings. The minimum absolute atomic E-state index is 0.641. The highest BCUT2D eigenvalue weighted by Crippen LogP contribution is 2.32. The number of methoxy groups -OCH3 is 2. The van der Waals surface area contributed by atoms with Crippen LogP contribution in [0.2, 0.25) is 5.02 Å². The van der Waals surface area contributed by atoms with Gasteiger partial charge in [-0.1, -0.05) is 35.5 Å². The number of rotatable bonds is 4. The predicted molar refractivity (Wildman–Crippen MR) is 103 cm³/mol. The molecule has 1 aliphatic heterocycles. The van der Waals surface area contributed by atoms with Crippen molar-refractivity contribution in [3.8, 4) is 22.9 Å². The van der Waals surface area contributed by atoms with E-state index in [4.69, 9.17) is 26.2 Å². The van der Waals surface area contributed by atoms with Crippen LogP contribution in [0.25, 0.3) is 11.4 Å². The summed E-state index contributed by atoms with van der Waals surface area (Å²) >= 11 is 7.69. The second kappa shape index (κ2) is 7.01. The van der Waals surface area contributed by atoms with Gasteiger partial charge in [-0.3, -0.25) is 0 Å². The van der Waals surface area contributed by atoms with Gasteiger partial charge in [0.25, 0.3) is 0 Å². The summed E-state index contributed by atoms with van der Waals surface area (Å²) < 4.78 is 12.6. The van der Waals surface area contributed by atoms with E-state index in [1.165, 1.54) is 0 Å². The summed E-state index contributed by atoms with van der Waals surface area (Å²) in [6.45, 7) is 0. The largest absolute Gasteiger partial charge is 0.497 e. The van der Waals surface area contributed by atoms with Gasteiger partial charge >= 0.3 is 0 Å². The van der Waals surface area contributed by atoms with Crippen molar-refractivity contribution in [2.24, 2.45) is 5.10 Å². The van der Waals surface area contributed by atoms with Crippen molar-refractivity contribution in [3.63, 3.8) is 0 Å². The maximum absolute atomic E-state index is 6.11. The Kier molecular flexibility index (Phi) is 4.57. The Morgan fingerprint density at radius 3 is 2.73 bits per heavy atom. The minimum atomic E-state index is 0.641. The molecular formula is C18H15ClN4O2S. The highest BCUT2D eigenvalue weighted by Gasteiger charge is 2.23. The van der Waals surface area contributed by atoms with Gasteiger partial charge in [0.15, 0.2) is 5.82 Å². The van der Waals surface area contributed by atoms with Gasteiger partial charge in [-0.05, 0) is 30.3 Å². The highest BCUT2D eigenvalue weighted by molar-refractivity contribution is 7.99. The lowest BCUT2D eigenvalue weighted by atomic mass is 10.1. The Hall–Kier alpha value is -2.51. The molecule has 0 bridgehead atoms. The molecule has 3 aromatic rings. The Morgan fingerprint density at radius 2 is 1.96 bits per heavy atom. The van der Waals surface area contributed by atoms with Gasteiger partial charge in [0.1, 0.15) is 11.5 Å². The van der Waals surface area contributed by atoms with Crippen molar-refractivity contribution in [1.82, 2.24) is 14.9 Å². The third kappa shape index (κ3) is 3.04. The first-order valence-corrected chi connectivity index (χ1v) is 9.20. The first-order valence-electron chi connectivity index (χ1n) is 7.84. The van der Waals surface area contributed by atoms with Crippen LogP contribution >= 0.6 is 23.4 Å². The monoisotopic (exact) mass is 386 g/mol. The molecular weight excluding hydrogens is 372 g/mol. The highest BCUT2D eigenvalue weighted by atomic mass is 35.5. The van der Waals surface area contributed by atoms with Crippen LogP contribution in [-0.2, 0) is 0 Å². The van der Waals surface area contributed by atoms with Crippen molar-refractivity contribution in [3.05, 3.63) is 53.1 Å². The van der Waals surface area contributed by atoms with E-state index in [2.05, 4.69) is 10.2 Å². The van der Waals surface area contributed by atoms with Crippen LogP contribution in [0.15, 0.2) is 52.7 Å². The molecule has 0 amide bonds. The molecule has 0 atom stereocenters. The maximum Gasteiger partial charge on any atom is 0.212 e. The van der Waals surface area contributed by atoms with Crippen LogP contribution in [0.5, 0.6) is 11.5 Å². The van der Waals surface area contributed by atoms with Crippen LogP contribution in [0.1, 0.15) is 5.56 Å². The number of ether oxygens (including phenoxy) is 2. The molecule has 0 spiro atoms. The zero-order valence-electron chi connectivity index (χ0n) is 14.1. The summed E-state index contributed by atoms with van der Waals surface area (Å²) in [5.74, 6) is 2.80. The second-order valence-corrected chi connectivity index (χ2v) is 6.91. The van der Waals surface area contributed by atoms with Gasteiger partial charge in [0.05, 0.1) is 19.9 Å². The number of halogens is 1. The Morgan fingerprint density at radius 1 is 1.08 bits per heavy atom. The summed E-state index contributed by atoms with van der Waals surface area (Å²) in [7, 11) is 3.28. The quantitative estimate of drug-likeness (QED) is 0.678. The summed E-state index contributed by atoms with van der Waals surface area (Å²) in [6, 6.07) is 13.1. The van der Waals surface area contributed by atoms with E-state index in [1.807, 2.05) is 42.5 Å². The summed E-state index contributed by atoms with van der Waals surface area (Å²) in [4.78, 5) is 0. The Labute approximate surface area is 159 Å². The fourth-order valence-electron chi connectivity index (χ4n) is 2.71. The van der Waals surface area contributed by atoms with Gasteiger partial charge in [0, 0.05) is 21.9 Å². The molecule has 2 aromatic carbocycles. The van der Waals surface area contributed by atoms with Gasteiger partial charge in [-0.15, -0.1) is 10.2 Å². The van der Waals surface area contributed by atoms with E-state index >= 15 is 0 Å². The van der Waals surface area contributed by atoms with Crippen LogP contribution in [0, 0.1) is 0 Å². The first kappa shape index (κ1) is 16.9. The molecule has 1 aromatic heterocycles. The van der Waals surface area contributed by atoms with Gasteiger partial charge in [0.2, 0.25) is 5.16 Å². The average molecular weight is 387 g/mol. The molecule has 6 nitrogen and oxygen atoms in total. The Balaban J connectivity index is 1.82. The van der Waals surface area contributed by atoms with E-state index in [0.29, 0.717) is 16.6 Å². The van der Waals surface area contributed by atoms with Crippen molar-refractivity contribution in [1.29, 1.82) is 0 Å². The van der Waals surface area contributed by atoms with Crippen molar-refractivity contribution in [2.75, 3.05) is 20.0 Å². The van der Waals surface area contributed by atoms with Crippen molar-refractivity contribution >= 4 is 29.1 Å². The molecule has 0 saturated heterocycles. The third-order valence-corrected chi connectivity index (χ3v) is 5.14. The number of hydrogen-bond donors (Lipinski definition) is 0. The van der Waals surface area contributed by atoms with Crippen LogP contribution < -0.4 is 9.47 Å². The lowest BCUT2D eigenvalue weighted by molar-refractivity contribution is 0.402. The molecule has 8 heteroatoms. The molecule has 132 valence electrons. The number of thioether (sulfide) groups is 1. The molecule has 26 heavy (non-hydrogen) atoms. The fraction of sp³-hybridized carbons (Fsp3) is 0.167. The number of hydrogen-bond acceptors (Lipinski definition) is 6. The molecule has 0 radical (unpaired) electrons. The molecule has 0 fully saturated rings. The van der Waals surface area contributed by atoms with Gasteiger partial charge in [-0.25, -0.2) is 0 Å². The van der Waals surface area contributed by atoms with Gasteiger partial charge in [-0.2, -0.15) is 9.78 Å². The molecule has 0 N–H and O–H groups in total. The standard InChI is InChI=1S/C18H15ClN4O2S/c1-24-13-6-7-16(25-2)14(9-13)15-10-26-18-21-20-17(23(18)22-15)11-4-3-5-12(19)8-11/h3-9H,10H2,1-2H3. The summed E-state index contributed by atoms with van der Waals surface area (Å²) in [6.07, 6.45) is 0. The molecule has 0 unspecified atom stereocenters. The van der Waals surface area contributed by atoms with Gasteiger partial charge < -0.3 is 9.47 Å². The lowest BCUT2D eigenvalue weighted by Crippen LogP contribution is -2.15. The third-order valence-electron chi connectivity index (χ3n) is 3.97. The first-order chi connectivity index (χ1) is 12.7. The molecule has 0 aliphatic carbocycles. The topological polar surface area (TPSA) is 61.5 Å². The number of aromatic nitrogens is 3. The number of fused-ring (bicyclic) bond motifs is 1. The molecule has 4 rings (SSSR count). The van der Waals surface area contributed by atoms with E-state index < -0.39 is 0 Å².